The highest BCUT2D eigenvalue weighted by Crippen LogP contribution is 2.67. The van der Waals surface area contributed by atoms with Gasteiger partial charge >= 0.3 is 12.1 Å². The van der Waals surface area contributed by atoms with Crippen LogP contribution in [0.3, 0.4) is 0 Å². The van der Waals surface area contributed by atoms with E-state index in [-0.39, 0.29) is 23.6 Å². The van der Waals surface area contributed by atoms with Crippen LogP contribution < -0.4 is 5.32 Å². The van der Waals surface area contributed by atoms with E-state index >= 15 is 0 Å². The standard InChI is InChI=1S/C29H42F3NO5S/c1-19(39-38-26(35)25-24(29(30,31)32)21-14-15-22-28(21,25)37-22)16-17-36-27(2,3)18-23(34)33-20-12-10-8-6-4-5-7-9-11-13-20/h14-15,19-22H,4-13,16-18H2,1-3H3,(H,33,34). The monoisotopic (exact) mass is 573 g/mol. The largest absolute Gasteiger partial charge is 0.414 e. The molecule has 0 aromatic rings. The van der Waals surface area contributed by atoms with Gasteiger partial charge in [-0.15, -0.1) is 0 Å². The number of epoxide rings is 1. The fourth-order valence-corrected chi connectivity index (χ4v) is 6.60. The molecule has 220 valence electrons. The van der Waals surface area contributed by atoms with E-state index in [9.17, 15) is 22.8 Å². The number of halogens is 3. The minimum Gasteiger partial charge on any atom is -0.388 e. The van der Waals surface area contributed by atoms with Gasteiger partial charge in [0.05, 0.1) is 35.2 Å². The third kappa shape index (κ3) is 7.41. The third-order valence-corrected chi connectivity index (χ3v) is 9.03. The predicted octanol–water partition coefficient (Wildman–Crippen LogP) is 6.74. The van der Waals surface area contributed by atoms with Crippen molar-refractivity contribution in [2.75, 3.05) is 6.61 Å². The molecule has 1 heterocycles. The minimum atomic E-state index is -4.61. The Bertz CT molecular complexity index is 953. The van der Waals surface area contributed by atoms with Crippen molar-refractivity contribution in [2.45, 2.75) is 133 Å². The van der Waals surface area contributed by atoms with Crippen LogP contribution in [-0.2, 0) is 23.2 Å². The van der Waals surface area contributed by atoms with Gasteiger partial charge in [-0.3, -0.25) is 4.79 Å². The Morgan fingerprint density at radius 1 is 1.08 bits per heavy atom. The lowest BCUT2D eigenvalue weighted by Crippen LogP contribution is -2.47. The second-order valence-electron chi connectivity index (χ2n) is 12.0. The summed E-state index contributed by atoms with van der Waals surface area (Å²) in [6, 6.07) is 0.215. The van der Waals surface area contributed by atoms with E-state index in [1.54, 1.807) is 6.08 Å². The Labute approximate surface area is 234 Å². The third-order valence-electron chi connectivity index (χ3n) is 8.22. The van der Waals surface area contributed by atoms with Gasteiger partial charge in [-0.25, -0.2) is 4.79 Å². The SMILES string of the molecule is CC(CCOC(C)(C)CC(=O)NC1CCCCCCCCCC1)SOC(=O)C1=C(C(F)(F)F)C2C=CC3OC132. The fraction of sp³-hybridized carbons (Fsp3) is 0.793. The van der Waals surface area contributed by atoms with Crippen LogP contribution in [0.25, 0.3) is 0 Å². The molecule has 1 amide bonds. The molecule has 0 aromatic heterocycles. The van der Waals surface area contributed by atoms with Gasteiger partial charge in [-0.2, -0.15) is 13.2 Å². The summed E-state index contributed by atoms with van der Waals surface area (Å²) in [6.45, 7) is 5.90. The zero-order valence-electron chi connectivity index (χ0n) is 23.2. The number of carbonyl (C=O) groups excluding carboxylic acids is 2. The van der Waals surface area contributed by atoms with Gasteiger partial charge in [0, 0.05) is 23.8 Å². The zero-order chi connectivity index (χ0) is 28.3. The first-order chi connectivity index (χ1) is 18.4. The van der Waals surface area contributed by atoms with Crippen molar-refractivity contribution >= 4 is 23.9 Å². The van der Waals surface area contributed by atoms with Gasteiger partial charge in [-0.05, 0) is 40.0 Å². The highest BCUT2D eigenvalue weighted by Gasteiger charge is 2.78. The van der Waals surface area contributed by atoms with Crippen molar-refractivity contribution in [1.29, 1.82) is 0 Å². The highest BCUT2D eigenvalue weighted by atomic mass is 32.2. The van der Waals surface area contributed by atoms with Crippen molar-refractivity contribution in [3.8, 4) is 0 Å². The van der Waals surface area contributed by atoms with Crippen molar-refractivity contribution < 1.29 is 36.4 Å². The van der Waals surface area contributed by atoms with Gasteiger partial charge in [0.1, 0.15) is 11.7 Å². The molecule has 1 saturated heterocycles. The van der Waals surface area contributed by atoms with E-state index in [2.05, 4.69) is 5.32 Å². The summed E-state index contributed by atoms with van der Waals surface area (Å²) in [5, 5.41) is 3.02. The van der Waals surface area contributed by atoms with E-state index in [0.717, 1.165) is 37.7 Å². The van der Waals surface area contributed by atoms with Crippen LogP contribution in [0.2, 0.25) is 0 Å². The second-order valence-corrected chi connectivity index (χ2v) is 13.2. The molecule has 3 aliphatic carbocycles. The van der Waals surface area contributed by atoms with Gasteiger partial charge in [0.15, 0.2) is 0 Å². The average molecular weight is 574 g/mol. The lowest BCUT2D eigenvalue weighted by atomic mass is 9.68. The fourth-order valence-electron chi connectivity index (χ4n) is 6.07. The average Bonchev–Trinajstić information content (AvgIpc) is 3.52. The summed E-state index contributed by atoms with van der Waals surface area (Å²) in [7, 11) is 0. The summed E-state index contributed by atoms with van der Waals surface area (Å²) in [4.78, 5) is 25.4. The lowest BCUT2D eigenvalue weighted by molar-refractivity contribution is -0.135. The summed E-state index contributed by atoms with van der Waals surface area (Å²) < 4.78 is 57.1. The van der Waals surface area contributed by atoms with Crippen LogP contribution in [0.1, 0.15) is 97.8 Å². The topological polar surface area (TPSA) is 77.2 Å². The smallest absolute Gasteiger partial charge is 0.388 e. The zero-order valence-corrected chi connectivity index (χ0v) is 24.1. The molecule has 1 N–H and O–H groups in total. The maximum absolute atomic E-state index is 13.5. The molecular formula is C29H42F3NO5S. The molecule has 1 spiro atoms. The normalized spacial score (nSPS) is 28.6. The van der Waals surface area contributed by atoms with E-state index in [1.807, 2.05) is 20.8 Å². The van der Waals surface area contributed by atoms with Gasteiger partial charge in [-0.1, -0.05) is 63.5 Å². The number of hydrogen-bond donors (Lipinski definition) is 1. The van der Waals surface area contributed by atoms with Crippen molar-refractivity contribution in [3.63, 3.8) is 0 Å². The number of ether oxygens (including phenoxy) is 2. The first-order valence-corrected chi connectivity index (χ1v) is 15.2. The summed E-state index contributed by atoms with van der Waals surface area (Å²) >= 11 is 0.836. The molecule has 4 aliphatic rings. The van der Waals surface area contributed by atoms with Crippen LogP contribution >= 0.6 is 12.0 Å². The number of hydrogen-bond acceptors (Lipinski definition) is 6. The maximum atomic E-state index is 13.5. The number of amides is 1. The Morgan fingerprint density at radius 3 is 2.28 bits per heavy atom. The molecule has 0 radical (unpaired) electrons. The molecule has 4 unspecified atom stereocenters. The molecule has 0 aromatic carbocycles. The minimum absolute atomic E-state index is 0.00912. The molecule has 1 saturated carbocycles. The van der Waals surface area contributed by atoms with E-state index < -0.39 is 46.5 Å². The van der Waals surface area contributed by atoms with Crippen molar-refractivity contribution in [2.24, 2.45) is 5.92 Å². The Hall–Kier alpha value is -1.52. The van der Waals surface area contributed by atoms with E-state index in [4.69, 9.17) is 13.7 Å². The molecule has 10 heteroatoms. The van der Waals surface area contributed by atoms with Crippen LogP contribution in [-0.4, -0.2) is 53.3 Å². The number of alkyl halides is 3. The van der Waals surface area contributed by atoms with E-state index in [1.165, 1.54) is 44.6 Å². The lowest BCUT2D eigenvalue weighted by Gasteiger charge is -2.36. The Balaban J connectivity index is 1.16. The molecule has 1 aliphatic heterocycles. The quantitative estimate of drug-likeness (QED) is 0.177. The van der Waals surface area contributed by atoms with E-state index in [0.29, 0.717) is 13.0 Å². The summed E-state index contributed by atoms with van der Waals surface area (Å²) in [6.07, 6.45) is 10.7. The van der Waals surface area contributed by atoms with Gasteiger partial charge in [0.25, 0.3) is 0 Å². The second kappa shape index (κ2) is 12.6. The molecule has 39 heavy (non-hydrogen) atoms. The first kappa shape index (κ1) is 30.4. The predicted molar refractivity (Wildman–Crippen MR) is 144 cm³/mol. The van der Waals surface area contributed by atoms with Crippen LogP contribution in [0.4, 0.5) is 13.2 Å². The van der Waals surface area contributed by atoms with Gasteiger partial charge in [0.2, 0.25) is 5.91 Å². The van der Waals surface area contributed by atoms with Crippen molar-refractivity contribution in [3.05, 3.63) is 23.3 Å². The summed E-state index contributed by atoms with van der Waals surface area (Å²) in [5.74, 6) is -1.92. The Kier molecular flexibility index (Phi) is 9.80. The molecule has 0 bridgehead atoms. The number of carbonyl (C=O) groups is 2. The molecule has 2 fully saturated rings. The number of nitrogens with one attached hydrogen (secondary N) is 1. The highest BCUT2D eigenvalue weighted by molar-refractivity contribution is 7.95. The molecular weight excluding hydrogens is 531 g/mol. The summed E-state index contributed by atoms with van der Waals surface area (Å²) in [5.41, 5.74) is -3.10. The van der Waals surface area contributed by atoms with Crippen LogP contribution in [0.15, 0.2) is 23.3 Å². The Morgan fingerprint density at radius 2 is 1.69 bits per heavy atom. The molecule has 6 nitrogen and oxygen atoms in total. The first-order valence-electron chi connectivity index (χ1n) is 14.4. The maximum Gasteiger partial charge on any atom is 0.414 e. The van der Waals surface area contributed by atoms with Crippen LogP contribution in [0.5, 0.6) is 0 Å². The van der Waals surface area contributed by atoms with Crippen LogP contribution in [0, 0.1) is 5.92 Å². The van der Waals surface area contributed by atoms with Gasteiger partial charge < -0.3 is 19.0 Å². The molecule has 4 atom stereocenters. The van der Waals surface area contributed by atoms with Crippen molar-refractivity contribution in [1.82, 2.24) is 5.32 Å². The molecule has 4 rings (SSSR count). The number of rotatable bonds is 10.